The summed E-state index contributed by atoms with van der Waals surface area (Å²) < 4.78 is 1.83. The van der Waals surface area contributed by atoms with Gasteiger partial charge in [-0.15, -0.1) is 0 Å². The van der Waals surface area contributed by atoms with Crippen molar-refractivity contribution in [3.05, 3.63) is 11.3 Å². The first-order chi connectivity index (χ1) is 8.00. The number of anilines is 1. The molecule has 0 aliphatic carbocycles. The molecule has 2 heterocycles. The van der Waals surface area contributed by atoms with E-state index in [1.54, 1.807) is 0 Å². The smallest absolute Gasteiger partial charge is 0.137 e. The van der Waals surface area contributed by atoms with E-state index in [-0.39, 0.29) is 5.84 Å². The van der Waals surface area contributed by atoms with Gasteiger partial charge in [0.15, 0.2) is 0 Å². The van der Waals surface area contributed by atoms with Gasteiger partial charge in [-0.25, -0.2) is 0 Å². The van der Waals surface area contributed by atoms with E-state index in [0.29, 0.717) is 0 Å². The van der Waals surface area contributed by atoms with Crippen molar-refractivity contribution in [2.24, 2.45) is 12.8 Å². The van der Waals surface area contributed by atoms with Crippen molar-refractivity contribution in [2.75, 3.05) is 38.1 Å². The van der Waals surface area contributed by atoms with Crippen LogP contribution in [-0.2, 0) is 7.05 Å². The average molecular weight is 236 g/mol. The van der Waals surface area contributed by atoms with Gasteiger partial charge in [-0.05, 0) is 14.0 Å². The van der Waals surface area contributed by atoms with Crippen LogP contribution in [0.4, 0.5) is 5.82 Å². The number of rotatable bonds is 2. The van der Waals surface area contributed by atoms with Gasteiger partial charge in [0, 0.05) is 33.2 Å². The minimum absolute atomic E-state index is 0.101. The Morgan fingerprint density at radius 3 is 2.35 bits per heavy atom. The minimum Gasteiger partial charge on any atom is -0.384 e. The number of piperazine rings is 1. The third-order valence-electron chi connectivity index (χ3n) is 3.26. The summed E-state index contributed by atoms with van der Waals surface area (Å²) in [7, 11) is 4.03. The molecule has 2 rings (SSSR count). The summed E-state index contributed by atoms with van der Waals surface area (Å²) in [5.41, 5.74) is 7.26. The molecule has 1 aliphatic rings. The van der Waals surface area contributed by atoms with Gasteiger partial charge in [-0.2, -0.15) is 5.10 Å². The molecule has 1 saturated heterocycles. The predicted octanol–water partition coefficient (Wildman–Crippen LogP) is -0.236. The van der Waals surface area contributed by atoms with E-state index in [4.69, 9.17) is 11.1 Å². The normalized spacial score (nSPS) is 17.5. The number of nitrogens with two attached hydrogens (primary N) is 1. The maximum Gasteiger partial charge on any atom is 0.137 e. The zero-order chi connectivity index (χ0) is 12.6. The van der Waals surface area contributed by atoms with Gasteiger partial charge in [-0.3, -0.25) is 10.1 Å². The lowest BCUT2D eigenvalue weighted by Crippen LogP contribution is -2.45. The maximum atomic E-state index is 7.68. The molecule has 0 saturated carbocycles. The van der Waals surface area contributed by atoms with Crippen LogP contribution in [0.5, 0.6) is 0 Å². The first-order valence-corrected chi connectivity index (χ1v) is 5.82. The highest BCUT2D eigenvalue weighted by Crippen LogP contribution is 2.23. The van der Waals surface area contributed by atoms with Crippen molar-refractivity contribution in [1.29, 1.82) is 5.41 Å². The molecule has 0 amide bonds. The van der Waals surface area contributed by atoms with Crippen LogP contribution in [0, 0.1) is 12.3 Å². The molecule has 6 heteroatoms. The Bertz CT molecular complexity index is 427. The molecule has 17 heavy (non-hydrogen) atoms. The van der Waals surface area contributed by atoms with E-state index in [0.717, 1.165) is 43.3 Å². The summed E-state index contributed by atoms with van der Waals surface area (Å²) in [5.74, 6) is 1.08. The van der Waals surface area contributed by atoms with E-state index in [2.05, 4.69) is 21.9 Å². The second-order valence-corrected chi connectivity index (χ2v) is 4.61. The lowest BCUT2D eigenvalue weighted by molar-refractivity contribution is 0.311. The molecule has 0 radical (unpaired) electrons. The van der Waals surface area contributed by atoms with Gasteiger partial charge in [0.2, 0.25) is 0 Å². The first kappa shape index (κ1) is 11.9. The molecule has 0 aromatic carbocycles. The minimum atomic E-state index is 0.101. The molecule has 1 aliphatic heterocycles. The molecule has 3 N–H and O–H groups in total. The zero-order valence-corrected chi connectivity index (χ0v) is 10.7. The molecular formula is C11H20N6. The highest BCUT2D eigenvalue weighted by Gasteiger charge is 2.23. The maximum absolute atomic E-state index is 7.68. The number of amidine groups is 1. The van der Waals surface area contributed by atoms with Crippen LogP contribution in [0.25, 0.3) is 0 Å². The van der Waals surface area contributed by atoms with Crippen LogP contribution in [0.1, 0.15) is 11.3 Å². The molecule has 0 spiro atoms. The molecule has 0 atom stereocenters. The molecular weight excluding hydrogens is 216 g/mol. The van der Waals surface area contributed by atoms with Crippen molar-refractivity contribution in [2.45, 2.75) is 6.92 Å². The lowest BCUT2D eigenvalue weighted by atomic mass is 10.2. The molecule has 1 aromatic heterocycles. The SMILES string of the molecule is Cc1nn(C)c(N2CCN(C)CC2)c1C(=N)N. The third kappa shape index (κ3) is 2.12. The van der Waals surface area contributed by atoms with Crippen LogP contribution in [0.2, 0.25) is 0 Å². The van der Waals surface area contributed by atoms with Crippen LogP contribution >= 0.6 is 0 Å². The average Bonchev–Trinajstić information content (AvgIpc) is 2.55. The number of aryl methyl sites for hydroxylation is 2. The third-order valence-corrected chi connectivity index (χ3v) is 3.26. The number of hydrogen-bond acceptors (Lipinski definition) is 4. The Morgan fingerprint density at radius 1 is 1.24 bits per heavy atom. The Kier molecular flexibility index (Phi) is 3.06. The summed E-state index contributed by atoms with van der Waals surface area (Å²) in [6.07, 6.45) is 0. The number of aromatic nitrogens is 2. The van der Waals surface area contributed by atoms with Gasteiger partial charge in [-0.1, -0.05) is 0 Å². The first-order valence-electron chi connectivity index (χ1n) is 5.82. The summed E-state index contributed by atoms with van der Waals surface area (Å²) in [6, 6.07) is 0. The van der Waals surface area contributed by atoms with Crippen LogP contribution < -0.4 is 10.6 Å². The topological polar surface area (TPSA) is 74.2 Å². The quantitative estimate of drug-likeness (QED) is 0.549. The Hall–Kier alpha value is -1.56. The second-order valence-electron chi connectivity index (χ2n) is 4.61. The van der Waals surface area contributed by atoms with Crippen LogP contribution in [0.3, 0.4) is 0 Å². The van der Waals surface area contributed by atoms with Gasteiger partial charge >= 0.3 is 0 Å². The predicted molar refractivity (Wildman–Crippen MR) is 68.7 cm³/mol. The molecule has 0 unspecified atom stereocenters. The summed E-state index contributed by atoms with van der Waals surface area (Å²) in [4.78, 5) is 4.56. The molecule has 6 nitrogen and oxygen atoms in total. The number of nitrogens with one attached hydrogen (secondary N) is 1. The molecule has 1 aromatic rings. The van der Waals surface area contributed by atoms with E-state index in [1.165, 1.54) is 0 Å². The number of nitrogens with zero attached hydrogens (tertiary/aromatic N) is 4. The zero-order valence-electron chi connectivity index (χ0n) is 10.7. The molecule has 94 valence electrons. The second kappa shape index (κ2) is 4.37. The Balaban J connectivity index is 2.34. The fraction of sp³-hybridized carbons (Fsp3) is 0.636. The number of likely N-dealkylation sites (N-methyl/N-ethyl adjacent to an activating group) is 1. The lowest BCUT2D eigenvalue weighted by Gasteiger charge is -2.34. The standard InChI is InChI=1S/C11H20N6/c1-8-9(10(12)13)11(16(3)14-8)17-6-4-15(2)5-7-17/h4-7H2,1-3H3,(H3,12,13). The van der Waals surface area contributed by atoms with E-state index in [1.807, 2.05) is 18.7 Å². The highest BCUT2D eigenvalue weighted by atomic mass is 15.4. The highest BCUT2D eigenvalue weighted by molar-refractivity contribution is 6.00. The molecule has 0 bridgehead atoms. The van der Waals surface area contributed by atoms with Crippen LogP contribution in [-0.4, -0.2) is 53.7 Å². The van der Waals surface area contributed by atoms with Crippen molar-refractivity contribution < 1.29 is 0 Å². The fourth-order valence-corrected chi connectivity index (χ4v) is 2.34. The van der Waals surface area contributed by atoms with Crippen LogP contribution in [0.15, 0.2) is 0 Å². The van der Waals surface area contributed by atoms with Gasteiger partial charge in [0.05, 0.1) is 11.3 Å². The molecule has 1 fully saturated rings. The van der Waals surface area contributed by atoms with Gasteiger partial charge < -0.3 is 15.5 Å². The Labute approximate surface area is 101 Å². The largest absolute Gasteiger partial charge is 0.384 e. The summed E-state index contributed by atoms with van der Waals surface area (Å²) >= 11 is 0. The summed E-state index contributed by atoms with van der Waals surface area (Å²) in [6.45, 7) is 5.87. The van der Waals surface area contributed by atoms with Gasteiger partial charge in [0.1, 0.15) is 11.7 Å². The van der Waals surface area contributed by atoms with Crippen molar-refractivity contribution in [1.82, 2.24) is 14.7 Å². The van der Waals surface area contributed by atoms with E-state index in [9.17, 15) is 0 Å². The van der Waals surface area contributed by atoms with E-state index < -0.39 is 0 Å². The van der Waals surface area contributed by atoms with Crippen molar-refractivity contribution in [3.8, 4) is 0 Å². The summed E-state index contributed by atoms with van der Waals surface area (Å²) in [5, 5.41) is 12.0. The van der Waals surface area contributed by atoms with Gasteiger partial charge in [0.25, 0.3) is 0 Å². The monoisotopic (exact) mass is 236 g/mol. The van der Waals surface area contributed by atoms with Crippen molar-refractivity contribution >= 4 is 11.7 Å². The van der Waals surface area contributed by atoms with Crippen molar-refractivity contribution in [3.63, 3.8) is 0 Å². The van der Waals surface area contributed by atoms with E-state index >= 15 is 0 Å². The number of hydrogen-bond donors (Lipinski definition) is 2. The fourth-order valence-electron chi connectivity index (χ4n) is 2.34. The number of nitrogen functional groups attached to an aromatic ring is 1. The Morgan fingerprint density at radius 2 is 1.82 bits per heavy atom.